The quantitative estimate of drug-likeness (QED) is 0.790. The third-order valence-corrected chi connectivity index (χ3v) is 4.44. The molecule has 0 radical (unpaired) electrons. The van der Waals surface area contributed by atoms with E-state index >= 15 is 0 Å². The van der Waals surface area contributed by atoms with Gasteiger partial charge in [0.2, 0.25) is 5.91 Å². The summed E-state index contributed by atoms with van der Waals surface area (Å²) >= 11 is 0. The number of nitrogens with one attached hydrogen (secondary N) is 1. The van der Waals surface area contributed by atoms with Gasteiger partial charge in [-0.1, -0.05) is 25.7 Å². The summed E-state index contributed by atoms with van der Waals surface area (Å²) in [5.74, 6) is 1.12. The summed E-state index contributed by atoms with van der Waals surface area (Å²) in [4.78, 5) is 11.9. The van der Waals surface area contributed by atoms with Crippen LogP contribution in [0.5, 0.6) is 0 Å². The third kappa shape index (κ3) is 3.70. The van der Waals surface area contributed by atoms with E-state index in [-0.39, 0.29) is 18.6 Å². The molecule has 0 aromatic carbocycles. The van der Waals surface area contributed by atoms with E-state index in [9.17, 15) is 9.90 Å². The van der Waals surface area contributed by atoms with Crippen molar-refractivity contribution in [1.82, 2.24) is 5.32 Å². The Morgan fingerprint density at radius 1 is 1.06 bits per heavy atom. The second-order valence-corrected chi connectivity index (χ2v) is 5.76. The molecule has 0 saturated heterocycles. The van der Waals surface area contributed by atoms with Crippen molar-refractivity contribution in [2.45, 2.75) is 63.8 Å². The van der Waals surface area contributed by atoms with Gasteiger partial charge in [0, 0.05) is 25.0 Å². The number of amides is 1. The molecule has 2 N–H and O–H groups in total. The highest BCUT2D eigenvalue weighted by Crippen LogP contribution is 2.28. The fourth-order valence-corrected chi connectivity index (χ4v) is 3.36. The Labute approximate surface area is 104 Å². The normalized spacial score (nSPS) is 30.4. The molecule has 3 heteroatoms. The molecule has 0 aromatic heterocycles. The van der Waals surface area contributed by atoms with E-state index in [1.807, 2.05) is 0 Å². The van der Waals surface area contributed by atoms with E-state index in [1.165, 1.54) is 32.1 Å². The Balaban J connectivity index is 1.72. The molecule has 0 aromatic rings. The first-order valence-electron chi connectivity index (χ1n) is 7.20. The predicted molar refractivity (Wildman–Crippen MR) is 67.5 cm³/mol. The van der Waals surface area contributed by atoms with Crippen molar-refractivity contribution in [3.63, 3.8) is 0 Å². The summed E-state index contributed by atoms with van der Waals surface area (Å²) in [5.41, 5.74) is 0. The zero-order valence-electron chi connectivity index (χ0n) is 10.7. The Kier molecular flexibility index (Phi) is 4.84. The van der Waals surface area contributed by atoms with Gasteiger partial charge in [-0.25, -0.2) is 0 Å². The zero-order chi connectivity index (χ0) is 12.1. The minimum atomic E-state index is 0.210. The van der Waals surface area contributed by atoms with Crippen LogP contribution in [-0.4, -0.2) is 23.7 Å². The van der Waals surface area contributed by atoms with Gasteiger partial charge in [-0.15, -0.1) is 0 Å². The maximum Gasteiger partial charge on any atom is 0.220 e. The van der Waals surface area contributed by atoms with Crippen LogP contribution in [0, 0.1) is 11.8 Å². The molecule has 0 spiro atoms. The largest absolute Gasteiger partial charge is 0.396 e. The first kappa shape index (κ1) is 12.9. The van der Waals surface area contributed by atoms with Crippen molar-refractivity contribution >= 4 is 5.91 Å². The second-order valence-electron chi connectivity index (χ2n) is 5.76. The van der Waals surface area contributed by atoms with Crippen LogP contribution in [-0.2, 0) is 4.79 Å². The molecule has 2 atom stereocenters. The number of rotatable bonds is 4. The average Bonchev–Trinajstić information content (AvgIpc) is 2.77. The van der Waals surface area contributed by atoms with E-state index in [1.54, 1.807) is 0 Å². The van der Waals surface area contributed by atoms with Gasteiger partial charge < -0.3 is 10.4 Å². The van der Waals surface area contributed by atoms with Gasteiger partial charge in [0.25, 0.3) is 0 Å². The SMILES string of the molecule is O=C(CC1CCCCC1)NC1CCCC1CO. The van der Waals surface area contributed by atoms with Crippen LogP contribution in [0.1, 0.15) is 57.8 Å². The molecule has 3 nitrogen and oxygen atoms in total. The van der Waals surface area contributed by atoms with Crippen LogP contribution in [0.4, 0.5) is 0 Å². The van der Waals surface area contributed by atoms with Crippen molar-refractivity contribution in [3.05, 3.63) is 0 Å². The maximum absolute atomic E-state index is 11.9. The van der Waals surface area contributed by atoms with Crippen molar-refractivity contribution in [1.29, 1.82) is 0 Å². The van der Waals surface area contributed by atoms with E-state index in [4.69, 9.17) is 0 Å². The van der Waals surface area contributed by atoms with Gasteiger partial charge in [0.15, 0.2) is 0 Å². The lowest BCUT2D eigenvalue weighted by Gasteiger charge is -2.23. The number of hydrogen-bond donors (Lipinski definition) is 2. The lowest BCUT2D eigenvalue weighted by atomic mass is 9.86. The van der Waals surface area contributed by atoms with E-state index in [0.29, 0.717) is 18.3 Å². The molecule has 0 aliphatic heterocycles. The van der Waals surface area contributed by atoms with Crippen molar-refractivity contribution in [2.75, 3.05) is 6.61 Å². The van der Waals surface area contributed by atoms with Gasteiger partial charge in [0.05, 0.1) is 0 Å². The molecule has 2 fully saturated rings. The van der Waals surface area contributed by atoms with Crippen molar-refractivity contribution < 1.29 is 9.90 Å². The van der Waals surface area contributed by atoms with Gasteiger partial charge in [-0.3, -0.25) is 4.79 Å². The highest BCUT2D eigenvalue weighted by atomic mass is 16.3. The molecule has 2 unspecified atom stereocenters. The zero-order valence-corrected chi connectivity index (χ0v) is 10.7. The summed E-state index contributed by atoms with van der Waals surface area (Å²) in [6.45, 7) is 0.217. The first-order chi connectivity index (χ1) is 8.29. The summed E-state index contributed by atoms with van der Waals surface area (Å²) in [6, 6.07) is 0.232. The Morgan fingerprint density at radius 3 is 2.53 bits per heavy atom. The standard InChI is InChI=1S/C14H25NO2/c16-10-12-7-4-8-13(12)15-14(17)9-11-5-2-1-3-6-11/h11-13,16H,1-10H2,(H,15,17). The van der Waals surface area contributed by atoms with Crippen LogP contribution in [0.3, 0.4) is 0 Å². The molecular formula is C14H25NO2. The molecule has 0 bridgehead atoms. The molecule has 2 rings (SSSR count). The molecule has 0 heterocycles. The maximum atomic E-state index is 11.9. The number of aliphatic hydroxyl groups excluding tert-OH is 1. The first-order valence-corrected chi connectivity index (χ1v) is 7.20. The molecule has 2 aliphatic rings. The van der Waals surface area contributed by atoms with Crippen LogP contribution < -0.4 is 5.32 Å². The van der Waals surface area contributed by atoms with E-state index in [2.05, 4.69) is 5.32 Å². The van der Waals surface area contributed by atoms with E-state index in [0.717, 1.165) is 19.3 Å². The average molecular weight is 239 g/mol. The number of carbonyl (C=O) groups is 1. The Bertz CT molecular complexity index is 249. The van der Waals surface area contributed by atoms with Crippen LogP contribution in [0.25, 0.3) is 0 Å². The predicted octanol–water partition coefficient (Wildman–Crippen LogP) is 2.23. The van der Waals surface area contributed by atoms with Gasteiger partial charge in [-0.2, -0.15) is 0 Å². The molecule has 2 aliphatic carbocycles. The fourth-order valence-electron chi connectivity index (χ4n) is 3.36. The van der Waals surface area contributed by atoms with Gasteiger partial charge in [0.1, 0.15) is 0 Å². The van der Waals surface area contributed by atoms with Crippen molar-refractivity contribution in [2.24, 2.45) is 11.8 Å². The Morgan fingerprint density at radius 2 is 1.82 bits per heavy atom. The third-order valence-electron chi connectivity index (χ3n) is 4.44. The summed E-state index contributed by atoms with van der Waals surface area (Å²) in [7, 11) is 0. The lowest BCUT2D eigenvalue weighted by molar-refractivity contribution is -0.123. The fraction of sp³-hybridized carbons (Fsp3) is 0.929. The van der Waals surface area contributed by atoms with Crippen LogP contribution >= 0.6 is 0 Å². The molecule has 2 saturated carbocycles. The second kappa shape index (κ2) is 6.39. The van der Waals surface area contributed by atoms with Crippen LogP contribution in [0.2, 0.25) is 0 Å². The topological polar surface area (TPSA) is 49.3 Å². The number of carbonyl (C=O) groups excluding carboxylic acids is 1. The van der Waals surface area contributed by atoms with Gasteiger partial charge >= 0.3 is 0 Å². The number of hydrogen-bond acceptors (Lipinski definition) is 2. The minimum Gasteiger partial charge on any atom is -0.396 e. The summed E-state index contributed by atoms with van der Waals surface area (Å²) < 4.78 is 0. The van der Waals surface area contributed by atoms with Crippen LogP contribution in [0.15, 0.2) is 0 Å². The number of aliphatic hydroxyl groups is 1. The Hall–Kier alpha value is -0.570. The minimum absolute atomic E-state index is 0.210. The van der Waals surface area contributed by atoms with Crippen molar-refractivity contribution in [3.8, 4) is 0 Å². The highest BCUT2D eigenvalue weighted by Gasteiger charge is 2.28. The van der Waals surface area contributed by atoms with E-state index < -0.39 is 0 Å². The molecular weight excluding hydrogens is 214 g/mol. The molecule has 17 heavy (non-hydrogen) atoms. The monoisotopic (exact) mass is 239 g/mol. The van der Waals surface area contributed by atoms with Gasteiger partial charge in [-0.05, 0) is 31.6 Å². The molecule has 98 valence electrons. The smallest absolute Gasteiger partial charge is 0.220 e. The molecule has 1 amide bonds. The summed E-state index contributed by atoms with van der Waals surface area (Å²) in [5, 5.41) is 12.3. The highest BCUT2D eigenvalue weighted by molar-refractivity contribution is 5.76. The summed E-state index contributed by atoms with van der Waals surface area (Å²) in [6.07, 6.45) is 10.3. The lowest BCUT2D eigenvalue weighted by Crippen LogP contribution is -2.39.